The van der Waals surface area contributed by atoms with E-state index in [1.54, 1.807) is 37.4 Å². The highest BCUT2D eigenvalue weighted by atomic mass is 35.5. The van der Waals surface area contributed by atoms with Crippen molar-refractivity contribution in [3.05, 3.63) is 63.2 Å². The number of ether oxygens (including phenoxy) is 1. The van der Waals surface area contributed by atoms with Crippen molar-refractivity contribution < 1.29 is 22.9 Å². The standard InChI is InChI=1S/C17H17ClN2O6S2/c1-11(13-5-3-4-6-14(13)18)26-17(21)10-19-28(24,25)12-7-8-16(27-2)15(9-12)20(22)23/h3-9,11,19H,10H2,1-2H3/t11-/m0/s1. The normalized spacial score (nSPS) is 12.4. The van der Waals surface area contributed by atoms with Gasteiger partial charge in [0.15, 0.2) is 0 Å². The smallest absolute Gasteiger partial charge is 0.321 e. The lowest BCUT2D eigenvalue weighted by Gasteiger charge is -2.15. The molecule has 2 rings (SSSR count). The Morgan fingerprint density at radius 3 is 2.61 bits per heavy atom. The van der Waals surface area contributed by atoms with E-state index in [1.807, 2.05) is 0 Å². The van der Waals surface area contributed by atoms with Crippen LogP contribution in [0.4, 0.5) is 5.69 Å². The van der Waals surface area contributed by atoms with E-state index in [9.17, 15) is 23.3 Å². The van der Waals surface area contributed by atoms with Gasteiger partial charge < -0.3 is 4.74 Å². The van der Waals surface area contributed by atoms with Crippen LogP contribution < -0.4 is 4.72 Å². The van der Waals surface area contributed by atoms with Crippen molar-refractivity contribution in [3.63, 3.8) is 0 Å². The molecule has 0 saturated carbocycles. The van der Waals surface area contributed by atoms with E-state index in [1.165, 1.54) is 12.1 Å². The number of sulfonamides is 1. The minimum atomic E-state index is -4.14. The Bertz CT molecular complexity index is 997. The van der Waals surface area contributed by atoms with Crippen molar-refractivity contribution in [1.29, 1.82) is 0 Å². The number of carbonyl (C=O) groups excluding carboxylic acids is 1. The third kappa shape index (κ3) is 5.44. The van der Waals surface area contributed by atoms with Gasteiger partial charge in [0, 0.05) is 16.7 Å². The largest absolute Gasteiger partial charge is 0.457 e. The first-order chi connectivity index (χ1) is 13.2. The van der Waals surface area contributed by atoms with Gasteiger partial charge in [0.2, 0.25) is 10.0 Å². The van der Waals surface area contributed by atoms with Gasteiger partial charge in [-0.1, -0.05) is 29.8 Å². The van der Waals surface area contributed by atoms with E-state index < -0.39 is 33.6 Å². The third-order valence-electron chi connectivity index (χ3n) is 3.72. The van der Waals surface area contributed by atoms with Gasteiger partial charge in [-0.15, -0.1) is 11.8 Å². The maximum atomic E-state index is 12.4. The minimum absolute atomic E-state index is 0.316. The number of esters is 1. The molecule has 0 radical (unpaired) electrons. The van der Waals surface area contributed by atoms with E-state index in [4.69, 9.17) is 16.3 Å². The van der Waals surface area contributed by atoms with Crippen LogP contribution in [0.3, 0.4) is 0 Å². The van der Waals surface area contributed by atoms with Crippen molar-refractivity contribution >= 4 is 45.0 Å². The molecule has 2 aromatic carbocycles. The Hall–Kier alpha value is -2.14. The number of nitro benzene ring substituents is 1. The lowest BCUT2D eigenvalue weighted by molar-refractivity contribution is -0.387. The molecule has 0 spiro atoms. The summed E-state index contributed by atoms with van der Waals surface area (Å²) in [5.41, 5.74) is 0.258. The Balaban J connectivity index is 2.07. The van der Waals surface area contributed by atoms with Crippen molar-refractivity contribution in [2.45, 2.75) is 22.8 Å². The number of carbonyl (C=O) groups is 1. The van der Waals surface area contributed by atoms with Crippen LogP contribution >= 0.6 is 23.4 Å². The molecule has 0 bridgehead atoms. The summed E-state index contributed by atoms with van der Waals surface area (Å²) in [4.78, 5) is 22.4. The number of nitrogens with one attached hydrogen (secondary N) is 1. The molecule has 0 saturated heterocycles. The highest BCUT2D eigenvalue weighted by Gasteiger charge is 2.22. The minimum Gasteiger partial charge on any atom is -0.457 e. The second kappa shape index (κ2) is 9.37. The summed E-state index contributed by atoms with van der Waals surface area (Å²) in [5.74, 6) is -0.814. The summed E-state index contributed by atoms with van der Waals surface area (Å²) in [6.45, 7) is 0.979. The van der Waals surface area contributed by atoms with Crippen LogP contribution in [0, 0.1) is 10.1 Å². The summed E-state index contributed by atoms with van der Waals surface area (Å²) in [6.07, 6.45) is 0.970. The second-order valence-electron chi connectivity index (χ2n) is 5.57. The number of benzene rings is 2. The van der Waals surface area contributed by atoms with Gasteiger partial charge in [0.1, 0.15) is 12.6 Å². The Morgan fingerprint density at radius 2 is 2.00 bits per heavy atom. The summed E-state index contributed by atoms with van der Waals surface area (Å²) < 4.78 is 32.0. The zero-order valence-corrected chi connectivity index (χ0v) is 17.3. The average Bonchev–Trinajstić information content (AvgIpc) is 2.66. The number of thioether (sulfide) groups is 1. The summed E-state index contributed by atoms with van der Waals surface area (Å²) in [7, 11) is -4.14. The maximum absolute atomic E-state index is 12.4. The molecule has 28 heavy (non-hydrogen) atoms. The molecule has 0 unspecified atom stereocenters. The summed E-state index contributed by atoms with van der Waals surface area (Å²) in [5, 5.41) is 11.5. The first kappa shape index (κ1) is 22.2. The lowest BCUT2D eigenvalue weighted by atomic mass is 10.1. The van der Waals surface area contributed by atoms with Gasteiger partial charge in [-0.3, -0.25) is 14.9 Å². The fourth-order valence-corrected chi connectivity index (χ4v) is 4.15. The van der Waals surface area contributed by atoms with Crippen LogP contribution in [0.5, 0.6) is 0 Å². The van der Waals surface area contributed by atoms with Crippen LogP contribution in [0.15, 0.2) is 52.3 Å². The summed E-state index contributed by atoms with van der Waals surface area (Å²) in [6, 6.07) is 10.3. The zero-order valence-electron chi connectivity index (χ0n) is 14.9. The number of halogens is 1. The van der Waals surface area contributed by atoms with Gasteiger partial charge in [0.25, 0.3) is 5.69 Å². The van der Waals surface area contributed by atoms with E-state index >= 15 is 0 Å². The molecule has 1 N–H and O–H groups in total. The van der Waals surface area contributed by atoms with Crippen LogP contribution in [-0.2, 0) is 19.6 Å². The molecule has 150 valence electrons. The van der Waals surface area contributed by atoms with E-state index in [0.717, 1.165) is 17.8 Å². The molecular formula is C17H17ClN2O6S2. The predicted molar refractivity (Wildman–Crippen MR) is 106 cm³/mol. The van der Waals surface area contributed by atoms with Crippen LogP contribution in [0.1, 0.15) is 18.6 Å². The molecule has 1 atom stereocenters. The van der Waals surface area contributed by atoms with Crippen molar-refractivity contribution in [2.24, 2.45) is 0 Å². The first-order valence-electron chi connectivity index (χ1n) is 7.91. The van der Waals surface area contributed by atoms with E-state index in [2.05, 4.69) is 4.72 Å². The van der Waals surface area contributed by atoms with Gasteiger partial charge in [-0.05, 0) is 31.4 Å². The molecule has 0 aliphatic rings. The van der Waals surface area contributed by atoms with Crippen LogP contribution in [0.25, 0.3) is 0 Å². The number of nitro groups is 1. The predicted octanol–water partition coefficient (Wildman–Crippen LogP) is 3.55. The van der Waals surface area contributed by atoms with E-state index in [-0.39, 0.29) is 10.6 Å². The lowest BCUT2D eigenvalue weighted by Crippen LogP contribution is -2.31. The molecular weight excluding hydrogens is 428 g/mol. The SMILES string of the molecule is CSc1ccc(S(=O)(=O)NCC(=O)O[C@@H](C)c2ccccc2Cl)cc1[N+](=O)[O-]. The highest BCUT2D eigenvalue weighted by Crippen LogP contribution is 2.30. The van der Waals surface area contributed by atoms with Gasteiger partial charge in [-0.2, -0.15) is 4.72 Å². The molecule has 0 aliphatic heterocycles. The number of hydrogen-bond donors (Lipinski definition) is 1. The molecule has 8 nitrogen and oxygen atoms in total. The van der Waals surface area contributed by atoms with Gasteiger partial charge >= 0.3 is 5.97 Å². The van der Waals surface area contributed by atoms with Crippen molar-refractivity contribution in [3.8, 4) is 0 Å². The molecule has 0 aromatic heterocycles. The highest BCUT2D eigenvalue weighted by molar-refractivity contribution is 7.98. The van der Waals surface area contributed by atoms with Crippen LogP contribution in [0.2, 0.25) is 5.02 Å². The second-order valence-corrected chi connectivity index (χ2v) is 8.59. The fourth-order valence-electron chi connectivity index (χ4n) is 2.32. The molecule has 2 aromatic rings. The van der Waals surface area contributed by atoms with Gasteiger partial charge in [0.05, 0.1) is 14.7 Å². The number of rotatable bonds is 8. The van der Waals surface area contributed by atoms with Crippen molar-refractivity contribution in [1.82, 2.24) is 4.72 Å². The Kier molecular flexibility index (Phi) is 7.41. The summed E-state index contributed by atoms with van der Waals surface area (Å²) >= 11 is 7.16. The first-order valence-corrected chi connectivity index (χ1v) is 11.0. The molecule has 0 amide bonds. The molecule has 11 heteroatoms. The zero-order chi connectivity index (χ0) is 20.9. The molecule has 0 heterocycles. The topological polar surface area (TPSA) is 116 Å². The number of nitrogens with zero attached hydrogens (tertiary/aromatic N) is 1. The molecule has 0 aliphatic carbocycles. The Labute approximate surface area is 171 Å². The average molecular weight is 445 g/mol. The van der Waals surface area contributed by atoms with Crippen LogP contribution in [-0.4, -0.2) is 32.1 Å². The maximum Gasteiger partial charge on any atom is 0.321 e. The van der Waals surface area contributed by atoms with Gasteiger partial charge in [-0.25, -0.2) is 8.42 Å². The number of hydrogen-bond acceptors (Lipinski definition) is 7. The van der Waals surface area contributed by atoms with Crippen molar-refractivity contribution in [2.75, 3.05) is 12.8 Å². The fraction of sp³-hybridized carbons (Fsp3) is 0.235. The van der Waals surface area contributed by atoms with E-state index in [0.29, 0.717) is 15.5 Å². The molecule has 0 fully saturated rings. The Morgan fingerprint density at radius 1 is 1.32 bits per heavy atom. The monoisotopic (exact) mass is 444 g/mol. The quantitative estimate of drug-likeness (QED) is 0.286. The third-order valence-corrected chi connectivity index (χ3v) is 6.24.